The van der Waals surface area contributed by atoms with Gasteiger partial charge in [0.1, 0.15) is 11.5 Å². The molecule has 0 fully saturated rings. The Kier molecular flexibility index (Phi) is 6.25. The van der Waals surface area contributed by atoms with Crippen molar-refractivity contribution in [3.8, 4) is 56.3 Å². The molecule has 0 atom stereocenters. The van der Waals surface area contributed by atoms with Gasteiger partial charge in [0.05, 0.1) is 11.4 Å². The predicted octanol–water partition coefficient (Wildman–Crippen LogP) is 8.94. The fourth-order valence-electron chi connectivity index (χ4n) is 4.41. The van der Waals surface area contributed by atoms with Crippen LogP contribution in [-0.4, -0.2) is 9.97 Å². The molecule has 0 amide bonds. The maximum atomic E-state index is 6.57. The van der Waals surface area contributed by atoms with Gasteiger partial charge in [-0.1, -0.05) is 72.8 Å². The van der Waals surface area contributed by atoms with Gasteiger partial charge in [-0.3, -0.25) is 9.97 Å². The molecule has 0 saturated carbocycles. The van der Waals surface area contributed by atoms with Gasteiger partial charge in [-0.2, -0.15) is 0 Å². The van der Waals surface area contributed by atoms with E-state index in [-0.39, 0.29) is 0 Å². The summed E-state index contributed by atoms with van der Waals surface area (Å²) < 4.78 is 6.57. The normalized spacial score (nSPS) is 10.7. The number of aromatic nitrogens is 2. The fourth-order valence-corrected chi connectivity index (χ4v) is 4.41. The van der Waals surface area contributed by atoms with E-state index < -0.39 is 0 Å². The summed E-state index contributed by atoms with van der Waals surface area (Å²) in [5, 5.41) is 0. The van der Waals surface area contributed by atoms with Gasteiger partial charge in [0, 0.05) is 23.5 Å². The second-order valence-electron chi connectivity index (χ2n) is 8.76. The molecule has 3 nitrogen and oxygen atoms in total. The minimum Gasteiger partial charge on any atom is -0.457 e. The molecular weight excluding hydrogens is 452 g/mol. The number of benzene rings is 4. The van der Waals surface area contributed by atoms with Gasteiger partial charge in [-0.05, 0) is 82.9 Å². The second-order valence-corrected chi connectivity index (χ2v) is 8.76. The number of nitrogens with zero attached hydrogens (tertiary/aromatic N) is 2. The molecule has 0 aliphatic carbocycles. The van der Waals surface area contributed by atoms with Crippen LogP contribution in [0.2, 0.25) is 0 Å². The zero-order chi connectivity index (χ0) is 24.9. The molecule has 0 saturated heterocycles. The highest BCUT2D eigenvalue weighted by Crippen LogP contribution is 2.36. The van der Waals surface area contributed by atoms with Crippen molar-refractivity contribution in [2.45, 2.75) is 0 Å². The van der Waals surface area contributed by atoms with E-state index in [1.165, 1.54) is 0 Å². The lowest BCUT2D eigenvalue weighted by atomic mass is 10.00. The van der Waals surface area contributed by atoms with Gasteiger partial charge in [0.2, 0.25) is 0 Å². The van der Waals surface area contributed by atoms with Crippen LogP contribution in [0.4, 0.5) is 0 Å². The molecule has 176 valence electrons. The van der Waals surface area contributed by atoms with Gasteiger partial charge in [-0.25, -0.2) is 0 Å². The fraction of sp³-hybridized carbons (Fsp3) is 0. The Morgan fingerprint density at radius 3 is 1.16 bits per heavy atom. The second kappa shape index (κ2) is 10.3. The SMILES string of the molecule is c1ccc(-c2cc(Oc3cc(-c4ccccc4)cc(-c4ccccn4)c3)cc(-c3ccccn3)c2)cc1. The largest absolute Gasteiger partial charge is 0.457 e. The van der Waals surface area contributed by atoms with Gasteiger partial charge in [0.15, 0.2) is 0 Å². The van der Waals surface area contributed by atoms with Gasteiger partial charge in [0.25, 0.3) is 0 Å². The summed E-state index contributed by atoms with van der Waals surface area (Å²) >= 11 is 0. The lowest BCUT2D eigenvalue weighted by molar-refractivity contribution is 0.483. The molecule has 0 spiro atoms. The van der Waals surface area contributed by atoms with E-state index in [9.17, 15) is 0 Å². The molecule has 0 N–H and O–H groups in total. The number of pyridine rings is 2. The average Bonchev–Trinajstić information content (AvgIpc) is 2.99. The van der Waals surface area contributed by atoms with Crippen molar-refractivity contribution in [2.75, 3.05) is 0 Å². The monoisotopic (exact) mass is 476 g/mol. The van der Waals surface area contributed by atoms with E-state index in [1.54, 1.807) is 0 Å². The maximum Gasteiger partial charge on any atom is 0.128 e. The smallest absolute Gasteiger partial charge is 0.128 e. The third-order valence-electron chi connectivity index (χ3n) is 6.18. The van der Waals surface area contributed by atoms with Crippen LogP contribution in [0, 0.1) is 0 Å². The van der Waals surface area contributed by atoms with Crippen molar-refractivity contribution in [2.24, 2.45) is 0 Å². The zero-order valence-electron chi connectivity index (χ0n) is 20.2. The predicted molar refractivity (Wildman–Crippen MR) is 150 cm³/mol. The van der Waals surface area contributed by atoms with Crippen molar-refractivity contribution < 1.29 is 4.74 Å². The summed E-state index contributed by atoms with van der Waals surface area (Å²) in [4.78, 5) is 9.15. The minimum atomic E-state index is 0.749. The molecule has 2 heterocycles. The molecule has 37 heavy (non-hydrogen) atoms. The topological polar surface area (TPSA) is 35.0 Å². The van der Waals surface area contributed by atoms with E-state index >= 15 is 0 Å². The van der Waals surface area contributed by atoms with Crippen molar-refractivity contribution in [1.29, 1.82) is 0 Å². The molecule has 0 aliphatic rings. The Morgan fingerprint density at radius 2 is 0.757 bits per heavy atom. The molecule has 6 rings (SSSR count). The average molecular weight is 477 g/mol. The lowest BCUT2D eigenvalue weighted by Gasteiger charge is -2.14. The van der Waals surface area contributed by atoms with Gasteiger partial charge < -0.3 is 4.74 Å². The summed E-state index contributed by atoms with van der Waals surface area (Å²) in [5.74, 6) is 1.50. The van der Waals surface area contributed by atoms with E-state index in [0.29, 0.717) is 0 Å². The maximum absolute atomic E-state index is 6.57. The summed E-state index contributed by atoms with van der Waals surface area (Å²) in [6.45, 7) is 0. The van der Waals surface area contributed by atoms with Crippen molar-refractivity contribution in [3.63, 3.8) is 0 Å². The van der Waals surface area contributed by atoms with Crippen LogP contribution in [0.1, 0.15) is 0 Å². The van der Waals surface area contributed by atoms with Crippen LogP contribution in [0.25, 0.3) is 44.8 Å². The Balaban J connectivity index is 1.46. The van der Waals surface area contributed by atoms with Crippen LogP contribution in [0.3, 0.4) is 0 Å². The summed E-state index contributed by atoms with van der Waals surface area (Å²) in [6, 6.07) is 45.1. The van der Waals surface area contributed by atoms with Crippen molar-refractivity contribution in [3.05, 3.63) is 146 Å². The molecule has 0 bridgehead atoms. The quantitative estimate of drug-likeness (QED) is 0.241. The summed E-state index contributed by atoms with van der Waals surface area (Å²) in [5.41, 5.74) is 8.19. The highest BCUT2D eigenvalue weighted by molar-refractivity contribution is 5.76. The molecule has 0 aliphatic heterocycles. The van der Waals surface area contributed by atoms with Gasteiger partial charge >= 0.3 is 0 Å². The highest BCUT2D eigenvalue weighted by Gasteiger charge is 2.11. The Labute approximate surface area is 216 Å². The van der Waals surface area contributed by atoms with Crippen molar-refractivity contribution >= 4 is 0 Å². The zero-order valence-corrected chi connectivity index (χ0v) is 20.2. The molecule has 6 aromatic rings. The number of hydrogen-bond acceptors (Lipinski definition) is 3. The standard InChI is InChI=1S/C34H24N2O/c1-3-11-25(12-4-1)27-19-29(33-15-7-9-17-35-33)23-31(21-27)37-32-22-28(26-13-5-2-6-14-26)20-30(24-32)34-16-8-10-18-36-34/h1-24H. The minimum absolute atomic E-state index is 0.749. The number of ether oxygens (including phenoxy) is 1. The Morgan fingerprint density at radius 1 is 0.351 bits per heavy atom. The first-order valence-corrected chi connectivity index (χ1v) is 12.2. The van der Waals surface area contributed by atoms with E-state index in [0.717, 1.165) is 56.3 Å². The third kappa shape index (κ3) is 5.16. The molecule has 0 radical (unpaired) electrons. The first kappa shape index (κ1) is 22.4. The van der Waals surface area contributed by atoms with Crippen LogP contribution >= 0.6 is 0 Å². The Bertz CT molecular complexity index is 1380. The molecule has 0 unspecified atom stereocenters. The lowest BCUT2D eigenvalue weighted by Crippen LogP contribution is -1.91. The number of rotatable bonds is 6. The van der Waals surface area contributed by atoms with Crippen LogP contribution < -0.4 is 4.74 Å². The van der Waals surface area contributed by atoms with E-state index in [1.807, 2.05) is 97.3 Å². The molecule has 3 heteroatoms. The van der Waals surface area contributed by atoms with Gasteiger partial charge in [-0.15, -0.1) is 0 Å². The number of hydrogen-bond donors (Lipinski definition) is 0. The van der Waals surface area contributed by atoms with Crippen molar-refractivity contribution in [1.82, 2.24) is 9.97 Å². The summed E-state index contributed by atoms with van der Waals surface area (Å²) in [7, 11) is 0. The van der Waals surface area contributed by atoms with E-state index in [4.69, 9.17) is 4.74 Å². The molecule has 4 aromatic carbocycles. The Hall–Kier alpha value is -5.02. The van der Waals surface area contributed by atoms with Crippen LogP contribution in [-0.2, 0) is 0 Å². The van der Waals surface area contributed by atoms with E-state index in [2.05, 4.69) is 58.5 Å². The van der Waals surface area contributed by atoms with Crippen LogP contribution in [0.15, 0.2) is 146 Å². The third-order valence-corrected chi connectivity index (χ3v) is 6.18. The first-order chi connectivity index (χ1) is 18.3. The first-order valence-electron chi connectivity index (χ1n) is 12.2. The molecular formula is C34H24N2O. The molecule has 2 aromatic heterocycles. The highest BCUT2D eigenvalue weighted by atomic mass is 16.5. The van der Waals surface area contributed by atoms with Crippen LogP contribution in [0.5, 0.6) is 11.5 Å². The summed E-state index contributed by atoms with van der Waals surface area (Å²) in [6.07, 6.45) is 3.63.